The van der Waals surface area contributed by atoms with Gasteiger partial charge in [0.2, 0.25) is 0 Å². The summed E-state index contributed by atoms with van der Waals surface area (Å²) in [7, 11) is 0. The molecule has 11 heteroatoms. The molecule has 4 rings (SSSR count). The van der Waals surface area contributed by atoms with Crippen molar-refractivity contribution in [2.75, 3.05) is 45.0 Å². The van der Waals surface area contributed by atoms with Crippen molar-refractivity contribution < 1.29 is 49.3 Å². The molecular formula is C38H51BrO10. The van der Waals surface area contributed by atoms with Crippen LogP contribution in [0.5, 0.6) is 34.5 Å². The highest BCUT2D eigenvalue weighted by Gasteiger charge is 2.07. The number of halogens is 1. The quantitative estimate of drug-likeness (QED) is 0.0531. The van der Waals surface area contributed by atoms with Crippen LogP contribution in [0.25, 0.3) is 0 Å². The summed E-state index contributed by atoms with van der Waals surface area (Å²) >= 11 is 3.00. The molecule has 10 nitrogen and oxygen atoms in total. The van der Waals surface area contributed by atoms with E-state index in [1.807, 2.05) is 50.2 Å². The summed E-state index contributed by atoms with van der Waals surface area (Å²) in [5.41, 5.74) is 0.478. The van der Waals surface area contributed by atoms with Gasteiger partial charge in [-0.1, -0.05) is 73.1 Å². The van der Waals surface area contributed by atoms with Crippen molar-refractivity contribution in [1.29, 1.82) is 0 Å². The molecule has 0 saturated carbocycles. The highest BCUT2D eigenvalue weighted by molar-refractivity contribution is 9.09. The van der Waals surface area contributed by atoms with E-state index in [0.29, 0.717) is 43.1 Å². The number of carbonyl (C=O) groups is 1. The molecule has 5 N–H and O–H groups in total. The van der Waals surface area contributed by atoms with Gasteiger partial charge in [0.15, 0.2) is 0 Å². The monoisotopic (exact) mass is 746 g/mol. The molecule has 0 atom stereocenters. The summed E-state index contributed by atoms with van der Waals surface area (Å²) in [4.78, 5) is 11.6. The average molecular weight is 748 g/mol. The molecule has 0 fully saturated rings. The van der Waals surface area contributed by atoms with E-state index in [2.05, 4.69) is 22.9 Å². The van der Waals surface area contributed by atoms with Crippen molar-refractivity contribution >= 4 is 21.9 Å². The van der Waals surface area contributed by atoms with E-state index in [1.165, 1.54) is 12.1 Å². The number of hydrogen-bond donors (Lipinski definition) is 5. The van der Waals surface area contributed by atoms with Crippen LogP contribution >= 0.6 is 15.9 Å². The summed E-state index contributed by atoms with van der Waals surface area (Å²) in [5.74, 6) is 2.47. The largest absolute Gasteiger partial charge is 0.508 e. The van der Waals surface area contributed by atoms with Gasteiger partial charge in [-0.05, 0) is 67.8 Å². The van der Waals surface area contributed by atoms with Gasteiger partial charge >= 0.3 is 5.97 Å². The number of carbonyl (C=O) groups excluding carboxylic acids is 1. The molecule has 0 aliphatic rings. The molecule has 0 bridgehead atoms. The van der Waals surface area contributed by atoms with E-state index in [4.69, 9.17) is 39.4 Å². The fraction of sp³-hybridized carbons (Fsp3) is 0.342. The Morgan fingerprint density at radius 1 is 0.551 bits per heavy atom. The van der Waals surface area contributed by atoms with Crippen molar-refractivity contribution in [3.63, 3.8) is 0 Å². The van der Waals surface area contributed by atoms with Crippen LogP contribution in [0.4, 0.5) is 0 Å². The Morgan fingerprint density at radius 3 is 1.41 bits per heavy atom. The Kier molecular flexibility index (Phi) is 28.3. The number of aliphatic hydroxyl groups is 3. The lowest BCUT2D eigenvalue weighted by Crippen LogP contribution is -2.07. The van der Waals surface area contributed by atoms with Crippen LogP contribution < -0.4 is 18.9 Å². The number of phenols is 2. The smallest absolute Gasteiger partial charge is 0.343 e. The van der Waals surface area contributed by atoms with Crippen molar-refractivity contribution in [2.45, 2.75) is 40.0 Å². The standard InChI is InChI=1S/C13H10O3.C11H16O3.C9H12O2.C3H8O.C2H5BrO/c14-11-7-4-8-12(9-11)16-13(15)10-5-2-1-3-6-10;1-2-7-13-10-4-3-5-11(9-10)14-8-6-12;1-2-6-11-9-5-3-4-8(10)7-9;1-2-3-4;3-1-2-4/h1-9,14H;3-5,9,12H,2,6-8H2,1H3;3-5,7,10H,2,6H2,1H3;4H,2-3H2,1H3;4H,1-2H2. The number of benzene rings is 4. The number of esters is 1. The minimum absolute atomic E-state index is 0.0278. The molecule has 49 heavy (non-hydrogen) atoms. The van der Waals surface area contributed by atoms with Crippen LogP contribution in [0.2, 0.25) is 0 Å². The maximum atomic E-state index is 11.6. The van der Waals surface area contributed by atoms with Gasteiger partial charge in [-0.15, -0.1) is 0 Å². The van der Waals surface area contributed by atoms with Gasteiger partial charge in [-0.3, -0.25) is 0 Å². The zero-order chi connectivity index (χ0) is 36.5. The number of aliphatic hydroxyl groups excluding tert-OH is 3. The lowest BCUT2D eigenvalue weighted by Gasteiger charge is -2.07. The fourth-order valence-electron chi connectivity index (χ4n) is 3.12. The van der Waals surface area contributed by atoms with Crippen LogP contribution in [-0.2, 0) is 0 Å². The maximum absolute atomic E-state index is 11.6. The second-order valence-electron chi connectivity index (χ2n) is 9.63. The molecule has 0 aliphatic heterocycles. The SMILES string of the molecule is CCCO.CCCOc1cccc(O)c1.CCCOc1cccc(OCCO)c1.O=C(Oc1cccc(O)c1)c1ccccc1.OCCBr. The minimum atomic E-state index is -0.439. The molecule has 0 spiro atoms. The number of ether oxygens (including phenoxy) is 4. The van der Waals surface area contributed by atoms with Crippen molar-refractivity contribution in [3.05, 3.63) is 109 Å². The summed E-state index contributed by atoms with van der Waals surface area (Å²) in [5, 5.41) is 43.2. The first-order chi connectivity index (χ1) is 23.8. The lowest BCUT2D eigenvalue weighted by atomic mass is 10.2. The van der Waals surface area contributed by atoms with E-state index in [0.717, 1.165) is 36.5 Å². The number of rotatable bonds is 13. The Labute approximate surface area is 298 Å². The number of alkyl halides is 1. The third-order valence-corrected chi connectivity index (χ3v) is 5.63. The van der Waals surface area contributed by atoms with Crippen LogP contribution in [-0.4, -0.2) is 76.5 Å². The van der Waals surface area contributed by atoms with Gasteiger partial charge in [-0.2, -0.15) is 0 Å². The van der Waals surface area contributed by atoms with Gasteiger partial charge < -0.3 is 44.5 Å². The van der Waals surface area contributed by atoms with E-state index < -0.39 is 5.97 Å². The molecule has 0 amide bonds. The molecule has 0 unspecified atom stereocenters. The third-order valence-electron chi connectivity index (χ3n) is 5.27. The second kappa shape index (κ2) is 31.0. The Hall–Kier alpha value is -4.29. The van der Waals surface area contributed by atoms with Crippen molar-refractivity contribution in [2.24, 2.45) is 0 Å². The predicted molar refractivity (Wildman–Crippen MR) is 196 cm³/mol. The average Bonchev–Trinajstić information content (AvgIpc) is 3.13. The van der Waals surface area contributed by atoms with Gasteiger partial charge in [0, 0.05) is 30.1 Å². The molecule has 0 aromatic heterocycles. The van der Waals surface area contributed by atoms with Gasteiger partial charge in [0.25, 0.3) is 0 Å². The number of hydrogen-bond acceptors (Lipinski definition) is 10. The van der Waals surface area contributed by atoms with Crippen LogP contribution in [0, 0.1) is 0 Å². The normalized spacial score (nSPS) is 9.37. The highest BCUT2D eigenvalue weighted by atomic mass is 79.9. The first-order valence-corrected chi connectivity index (χ1v) is 17.1. The zero-order valence-corrected chi connectivity index (χ0v) is 30.1. The maximum Gasteiger partial charge on any atom is 0.343 e. The van der Waals surface area contributed by atoms with Gasteiger partial charge in [0.1, 0.15) is 41.1 Å². The topological polar surface area (TPSA) is 155 Å². The van der Waals surface area contributed by atoms with Crippen molar-refractivity contribution in [1.82, 2.24) is 0 Å². The zero-order valence-electron chi connectivity index (χ0n) is 28.5. The summed E-state index contributed by atoms with van der Waals surface area (Å²) in [6, 6.07) is 29.1. The molecule has 0 aliphatic carbocycles. The Bertz CT molecular complexity index is 1320. The van der Waals surface area contributed by atoms with Crippen LogP contribution in [0.1, 0.15) is 50.4 Å². The summed E-state index contributed by atoms with van der Waals surface area (Å²) < 4.78 is 21.0. The summed E-state index contributed by atoms with van der Waals surface area (Å²) in [6.07, 6.45) is 2.84. The number of aromatic hydroxyl groups is 2. The Morgan fingerprint density at radius 2 is 0.980 bits per heavy atom. The molecular weight excluding hydrogens is 696 g/mol. The third kappa shape index (κ3) is 24.5. The van der Waals surface area contributed by atoms with E-state index >= 15 is 0 Å². The number of phenolic OH excluding ortho intramolecular Hbond substituents is 2. The van der Waals surface area contributed by atoms with E-state index in [9.17, 15) is 9.90 Å². The minimum Gasteiger partial charge on any atom is -0.508 e. The van der Waals surface area contributed by atoms with Crippen molar-refractivity contribution in [3.8, 4) is 34.5 Å². The summed E-state index contributed by atoms with van der Waals surface area (Å²) in [6.45, 7) is 8.35. The molecule has 0 radical (unpaired) electrons. The first kappa shape index (κ1) is 44.7. The van der Waals surface area contributed by atoms with Gasteiger partial charge in [-0.25, -0.2) is 4.79 Å². The Balaban J connectivity index is 0.000000642. The predicted octanol–water partition coefficient (Wildman–Crippen LogP) is 7.40. The van der Waals surface area contributed by atoms with Gasteiger partial charge in [0.05, 0.1) is 32.0 Å². The second-order valence-corrected chi connectivity index (χ2v) is 10.4. The van der Waals surface area contributed by atoms with E-state index in [-0.39, 0.29) is 24.7 Å². The molecule has 0 heterocycles. The van der Waals surface area contributed by atoms with Crippen LogP contribution in [0.3, 0.4) is 0 Å². The molecule has 4 aromatic carbocycles. The fourth-order valence-corrected chi connectivity index (χ4v) is 3.12. The lowest BCUT2D eigenvalue weighted by molar-refractivity contribution is 0.0734. The van der Waals surface area contributed by atoms with Crippen LogP contribution in [0.15, 0.2) is 103 Å². The van der Waals surface area contributed by atoms with E-state index in [1.54, 1.807) is 54.6 Å². The highest BCUT2D eigenvalue weighted by Crippen LogP contribution is 2.20. The molecule has 0 saturated heterocycles. The first-order valence-electron chi connectivity index (χ1n) is 16.0. The molecule has 270 valence electrons. The molecule has 4 aromatic rings.